The zero-order chi connectivity index (χ0) is 12.5. The lowest BCUT2D eigenvalue weighted by molar-refractivity contribution is 0.0291. The van der Waals surface area contributed by atoms with Crippen molar-refractivity contribution < 1.29 is 0 Å². The van der Waals surface area contributed by atoms with Crippen molar-refractivity contribution in [3.8, 4) is 0 Å². The molecule has 0 aromatic heterocycles. The molecular weight excluding hydrogens is 220 g/mol. The van der Waals surface area contributed by atoms with Crippen molar-refractivity contribution in [2.24, 2.45) is 0 Å². The Kier molecular flexibility index (Phi) is 3.40. The van der Waals surface area contributed by atoms with Crippen LogP contribution in [0.4, 0.5) is 0 Å². The molecule has 2 atom stereocenters. The lowest BCUT2D eigenvalue weighted by Gasteiger charge is -2.46. The summed E-state index contributed by atoms with van der Waals surface area (Å²) in [6.45, 7) is 8.44. The summed E-state index contributed by atoms with van der Waals surface area (Å²) in [4.78, 5) is 5.40. The van der Waals surface area contributed by atoms with Gasteiger partial charge in [0.2, 0.25) is 0 Å². The smallest absolute Gasteiger partial charge is 0.0478 e. The molecule has 3 rings (SSSR count). The van der Waals surface area contributed by atoms with E-state index in [9.17, 15) is 0 Å². The molecule has 98 valence electrons. The minimum absolute atomic E-state index is 0.584. The van der Waals surface area contributed by atoms with Crippen molar-refractivity contribution >= 4 is 0 Å². The van der Waals surface area contributed by atoms with E-state index < -0.39 is 0 Å². The Bertz CT molecular complexity index is 387. The van der Waals surface area contributed by atoms with Gasteiger partial charge < -0.3 is 0 Å². The Labute approximate surface area is 111 Å². The fourth-order valence-electron chi connectivity index (χ4n) is 3.58. The highest BCUT2D eigenvalue weighted by Crippen LogP contribution is 2.33. The minimum atomic E-state index is 0.584. The predicted octanol–water partition coefficient (Wildman–Crippen LogP) is 2.92. The summed E-state index contributed by atoms with van der Waals surface area (Å²) >= 11 is 0. The molecule has 0 saturated carbocycles. The number of hydrogen-bond acceptors (Lipinski definition) is 2. The number of nitrogens with zero attached hydrogens (tertiary/aromatic N) is 2. The van der Waals surface area contributed by atoms with Crippen LogP contribution in [0.15, 0.2) is 30.3 Å². The van der Waals surface area contributed by atoms with E-state index >= 15 is 0 Å². The number of benzene rings is 1. The van der Waals surface area contributed by atoms with Crippen molar-refractivity contribution in [1.82, 2.24) is 9.80 Å². The Morgan fingerprint density at radius 3 is 2.61 bits per heavy atom. The van der Waals surface area contributed by atoms with Crippen LogP contribution in [0.2, 0.25) is 0 Å². The first kappa shape index (κ1) is 12.2. The minimum Gasteiger partial charge on any atom is -0.297 e. The molecule has 0 N–H and O–H groups in total. The van der Waals surface area contributed by atoms with E-state index in [1.165, 1.54) is 38.0 Å². The van der Waals surface area contributed by atoms with Gasteiger partial charge in [0.25, 0.3) is 0 Å². The molecule has 2 heterocycles. The van der Waals surface area contributed by atoms with E-state index in [2.05, 4.69) is 54.0 Å². The summed E-state index contributed by atoms with van der Waals surface area (Å²) in [6, 6.07) is 13.1. The number of rotatable bonds is 2. The standard InChI is InChI=1S/C16H24N2/c1-13(2)18-11-15-9-6-10-17(15)12-16(18)14-7-4-3-5-8-14/h3-5,7-8,13,15-16H,6,9-12H2,1-2H3. The second-order valence-electron chi connectivity index (χ2n) is 6.01. The Morgan fingerprint density at radius 1 is 1.11 bits per heavy atom. The van der Waals surface area contributed by atoms with E-state index in [-0.39, 0.29) is 0 Å². The van der Waals surface area contributed by atoms with E-state index in [0.717, 1.165) is 6.04 Å². The van der Waals surface area contributed by atoms with Crippen molar-refractivity contribution in [2.45, 2.75) is 44.8 Å². The topological polar surface area (TPSA) is 6.48 Å². The molecule has 2 aliphatic rings. The molecule has 2 saturated heterocycles. The first-order chi connectivity index (χ1) is 8.75. The maximum Gasteiger partial charge on any atom is 0.0478 e. The molecule has 18 heavy (non-hydrogen) atoms. The summed E-state index contributed by atoms with van der Waals surface area (Å²) in [5, 5.41) is 0. The SMILES string of the molecule is CC(C)N1CC2CCCN2CC1c1ccccc1. The van der Waals surface area contributed by atoms with Gasteiger partial charge in [-0.25, -0.2) is 0 Å². The molecule has 1 aromatic carbocycles. The van der Waals surface area contributed by atoms with Gasteiger partial charge in [0.05, 0.1) is 0 Å². The van der Waals surface area contributed by atoms with Crippen LogP contribution in [0.25, 0.3) is 0 Å². The lowest BCUT2D eigenvalue weighted by atomic mass is 9.98. The van der Waals surface area contributed by atoms with Crippen molar-refractivity contribution in [1.29, 1.82) is 0 Å². The number of piperazine rings is 1. The van der Waals surface area contributed by atoms with Gasteiger partial charge in [-0.3, -0.25) is 9.80 Å². The molecule has 0 aliphatic carbocycles. The van der Waals surface area contributed by atoms with Gasteiger partial charge in [-0.2, -0.15) is 0 Å². The summed E-state index contributed by atoms with van der Waals surface area (Å²) in [5.74, 6) is 0. The van der Waals surface area contributed by atoms with Crippen LogP contribution in [-0.2, 0) is 0 Å². The molecule has 0 radical (unpaired) electrons. The molecule has 2 unspecified atom stereocenters. The van der Waals surface area contributed by atoms with Crippen LogP contribution < -0.4 is 0 Å². The van der Waals surface area contributed by atoms with E-state index in [4.69, 9.17) is 0 Å². The molecule has 1 aromatic rings. The van der Waals surface area contributed by atoms with Gasteiger partial charge >= 0.3 is 0 Å². The summed E-state index contributed by atoms with van der Waals surface area (Å²) in [6.07, 6.45) is 2.78. The van der Waals surface area contributed by atoms with Crippen LogP contribution in [0.1, 0.15) is 38.3 Å². The van der Waals surface area contributed by atoms with E-state index in [1.807, 2.05) is 0 Å². The molecular formula is C16H24N2. The fraction of sp³-hybridized carbons (Fsp3) is 0.625. The van der Waals surface area contributed by atoms with Crippen molar-refractivity contribution in [3.63, 3.8) is 0 Å². The van der Waals surface area contributed by atoms with Crippen LogP contribution in [0, 0.1) is 0 Å². The third kappa shape index (κ3) is 2.19. The van der Waals surface area contributed by atoms with Gasteiger partial charge in [0.15, 0.2) is 0 Å². The maximum atomic E-state index is 2.70. The second-order valence-corrected chi connectivity index (χ2v) is 6.01. The summed E-state index contributed by atoms with van der Waals surface area (Å²) in [7, 11) is 0. The average Bonchev–Trinajstić information content (AvgIpc) is 2.85. The van der Waals surface area contributed by atoms with Gasteiger partial charge in [0, 0.05) is 31.2 Å². The maximum absolute atomic E-state index is 2.70. The highest BCUT2D eigenvalue weighted by atomic mass is 15.3. The van der Waals surface area contributed by atoms with Gasteiger partial charge in [0.1, 0.15) is 0 Å². The highest BCUT2D eigenvalue weighted by Gasteiger charge is 2.37. The van der Waals surface area contributed by atoms with Crippen LogP contribution in [-0.4, -0.2) is 41.5 Å². The monoisotopic (exact) mass is 244 g/mol. The lowest BCUT2D eigenvalue weighted by Crippen LogP contribution is -2.53. The Hall–Kier alpha value is -0.860. The molecule has 2 heteroatoms. The van der Waals surface area contributed by atoms with Crippen molar-refractivity contribution in [2.75, 3.05) is 19.6 Å². The first-order valence-corrected chi connectivity index (χ1v) is 7.30. The quantitative estimate of drug-likeness (QED) is 0.789. The van der Waals surface area contributed by atoms with Crippen LogP contribution in [0.3, 0.4) is 0 Å². The Morgan fingerprint density at radius 2 is 1.89 bits per heavy atom. The van der Waals surface area contributed by atoms with Crippen LogP contribution in [0.5, 0.6) is 0 Å². The number of fused-ring (bicyclic) bond motifs is 1. The zero-order valence-corrected chi connectivity index (χ0v) is 11.5. The van der Waals surface area contributed by atoms with Crippen LogP contribution >= 0.6 is 0 Å². The zero-order valence-electron chi connectivity index (χ0n) is 11.5. The first-order valence-electron chi connectivity index (χ1n) is 7.30. The predicted molar refractivity (Wildman–Crippen MR) is 75.6 cm³/mol. The third-order valence-electron chi connectivity index (χ3n) is 4.58. The van der Waals surface area contributed by atoms with E-state index in [0.29, 0.717) is 12.1 Å². The van der Waals surface area contributed by atoms with Gasteiger partial charge in [-0.1, -0.05) is 30.3 Å². The van der Waals surface area contributed by atoms with E-state index in [1.54, 1.807) is 0 Å². The highest BCUT2D eigenvalue weighted by molar-refractivity contribution is 5.21. The molecule has 2 fully saturated rings. The average molecular weight is 244 g/mol. The molecule has 2 nitrogen and oxygen atoms in total. The number of hydrogen-bond donors (Lipinski definition) is 0. The normalized spacial score (nSPS) is 29.7. The van der Waals surface area contributed by atoms with Gasteiger partial charge in [-0.15, -0.1) is 0 Å². The summed E-state index contributed by atoms with van der Waals surface area (Å²) in [5.41, 5.74) is 1.48. The largest absolute Gasteiger partial charge is 0.297 e. The second kappa shape index (κ2) is 5.02. The fourth-order valence-corrected chi connectivity index (χ4v) is 3.58. The molecule has 0 amide bonds. The Balaban J connectivity index is 1.85. The molecule has 0 bridgehead atoms. The third-order valence-corrected chi connectivity index (χ3v) is 4.58. The van der Waals surface area contributed by atoms with Gasteiger partial charge in [-0.05, 0) is 38.8 Å². The van der Waals surface area contributed by atoms with Crippen molar-refractivity contribution in [3.05, 3.63) is 35.9 Å². The summed E-state index contributed by atoms with van der Waals surface area (Å²) < 4.78 is 0. The molecule has 0 spiro atoms. The molecule has 2 aliphatic heterocycles.